The van der Waals surface area contributed by atoms with Crippen LogP contribution in [0.25, 0.3) is 0 Å². The topological polar surface area (TPSA) is 367 Å². The molecule has 0 fully saturated rings. The fraction of sp³-hybridized carbons (Fsp3) is 0.320. The number of carbonyl (C=O) groups excluding carboxylic acids is 12. The second kappa shape index (κ2) is 75.3. The molecule has 0 aromatic heterocycles. The molecule has 0 saturated heterocycles. The first-order valence-corrected chi connectivity index (χ1v) is 40.9. The second-order valence-corrected chi connectivity index (χ2v) is 27.0. The standard InChI is InChI=1S/4C17H13NO4.8C4H9.2O.4Sn/c4*19-15-12-8-4-5-9-13(12)16(20)18(15)14(17(21)22)10-11-6-2-1-3-7-11;8*1-3-4-2;;;;;;/h4*1-9,14H,10H2,(H,21,22);8*1,3-4H2,2H3;;;;;;/q;;;;8*-1;2*-2;4*+4/p-4/t4*14-;;;;;;;;;;;;;;/m1100............../s1. The van der Waals surface area contributed by atoms with Crippen molar-refractivity contribution >= 4 is 167 Å². The van der Waals surface area contributed by atoms with Crippen molar-refractivity contribution in [2.24, 2.45) is 0 Å². The monoisotopic (exact) mass is 2140 g/mol. The van der Waals surface area contributed by atoms with Crippen molar-refractivity contribution in [3.05, 3.63) is 341 Å². The molecule has 8 amide bonds. The van der Waals surface area contributed by atoms with Crippen molar-refractivity contribution in [2.45, 2.75) is 208 Å². The Labute approximate surface area is 816 Å². The molecule has 0 N–H and O–H groups in total. The second-order valence-electron chi connectivity index (χ2n) is 27.0. The first kappa shape index (κ1) is 128. The third-order valence-electron chi connectivity index (χ3n) is 17.6. The van der Waals surface area contributed by atoms with Crippen molar-refractivity contribution < 1.29 is 88.9 Å². The van der Waals surface area contributed by atoms with Gasteiger partial charge in [-0.05, 0) is 96.5 Å². The molecule has 22 nitrogen and oxygen atoms in total. The summed E-state index contributed by atoms with van der Waals surface area (Å²) in [5.41, 5.74) is 4.69. The van der Waals surface area contributed by atoms with Crippen molar-refractivity contribution in [1.82, 2.24) is 19.6 Å². The number of carboxylic acids is 4. The summed E-state index contributed by atoms with van der Waals surface area (Å²) in [7, 11) is 0. The van der Waals surface area contributed by atoms with Crippen LogP contribution >= 0.6 is 0 Å². The van der Waals surface area contributed by atoms with Gasteiger partial charge in [0.2, 0.25) is 0 Å². The van der Waals surface area contributed by atoms with Crippen molar-refractivity contribution in [1.29, 1.82) is 0 Å². The van der Waals surface area contributed by atoms with Gasteiger partial charge in [0.15, 0.2) is 0 Å². The summed E-state index contributed by atoms with van der Waals surface area (Å²) >= 11 is 0. The SMILES string of the molecule is O=C([O-])[C@@H](Cc1ccccc1)N1C(=O)c2ccccc2C1=O.O=C([O-])[C@@H](Cc1ccccc1)N1C(=O)c2ccccc2C1=O.O=C([O-])[C@H](Cc1ccccc1)N1C(=O)c2ccccc2C1=O.O=C([O-])[C@H](Cc1ccccc1)N1C(=O)c2ccccc2C1=O.[CH2-]CCC.[CH2-]CCC.[CH2-]CCC.[CH2-]CCC.[CH2-]CCC.[CH2-]CCC.[CH2-]CCC.[CH2-]CCC.[O-2].[O-2].[Sn+4].[Sn+4].[Sn+4].[Sn+4]. The van der Waals surface area contributed by atoms with Crippen LogP contribution in [0, 0.1) is 55.4 Å². The normalized spacial score (nSPS) is 12.3. The Bertz CT molecular complexity index is 3680. The zero-order valence-corrected chi connectivity index (χ0v) is 85.4. The van der Waals surface area contributed by atoms with Crippen LogP contribution in [0.1, 0.15) is 263 Å². The van der Waals surface area contributed by atoms with Crippen molar-refractivity contribution in [3.63, 3.8) is 0 Å². The van der Waals surface area contributed by atoms with Crippen molar-refractivity contribution in [3.8, 4) is 0 Å². The summed E-state index contributed by atoms with van der Waals surface area (Å²) in [4.78, 5) is 148. The Morgan fingerprint density at radius 2 is 0.317 bits per heavy atom. The summed E-state index contributed by atoms with van der Waals surface area (Å²) in [6.45, 7) is 45.8. The number of imide groups is 4. The minimum absolute atomic E-state index is 0. The first-order chi connectivity index (χ1) is 57.7. The minimum atomic E-state index is -1.45. The molecule has 4 aliphatic rings. The van der Waals surface area contributed by atoms with Gasteiger partial charge in [-0.1, -0.05) is 277 Å². The van der Waals surface area contributed by atoms with E-state index in [0.717, 1.165) is 71.0 Å². The van der Waals surface area contributed by atoms with E-state index in [1.165, 1.54) is 99.9 Å². The number of carbonyl (C=O) groups is 12. The van der Waals surface area contributed by atoms with Crippen LogP contribution in [0.2, 0.25) is 0 Å². The third kappa shape index (κ3) is 42.9. The molecule has 12 rings (SSSR count). The van der Waals surface area contributed by atoms with E-state index in [-0.39, 0.29) is 177 Å². The van der Waals surface area contributed by atoms with Crippen LogP contribution < -0.4 is 20.4 Å². The average Bonchev–Trinajstić information content (AvgIpc) is 1.64. The van der Waals surface area contributed by atoms with E-state index >= 15 is 0 Å². The molecule has 0 unspecified atom stereocenters. The van der Waals surface area contributed by atoms with E-state index in [2.05, 4.69) is 111 Å². The molecule has 8 aromatic rings. The van der Waals surface area contributed by atoms with Gasteiger partial charge in [0.25, 0.3) is 47.3 Å². The number of hydrogen-bond acceptors (Lipinski definition) is 16. The van der Waals surface area contributed by atoms with Crippen molar-refractivity contribution in [2.75, 3.05) is 0 Å². The number of rotatable bonds is 24. The molecule has 0 bridgehead atoms. The molecule has 4 aliphatic heterocycles. The number of amides is 8. The summed E-state index contributed by atoms with van der Waals surface area (Å²) in [5.74, 6) is -10.5. The molecule has 126 heavy (non-hydrogen) atoms. The fourth-order valence-electron chi connectivity index (χ4n) is 10.4. The number of hydrogen-bond donors (Lipinski definition) is 0. The molecule has 0 spiro atoms. The fourth-order valence-corrected chi connectivity index (χ4v) is 10.4. The Morgan fingerprint density at radius 3 is 0.405 bits per heavy atom. The number of benzene rings is 8. The van der Waals surface area contributed by atoms with Gasteiger partial charge in [0.05, 0.1) is 92.6 Å². The van der Waals surface area contributed by atoms with Gasteiger partial charge in [0, 0.05) is 0 Å². The van der Waals surface area contributed by atoms with E-state index in [4.69, 9.17) is 0 Å². The number of unbranched alkanes of at least 4 members (excludes halogenated alkanes) is 8. The molecule has 0 saturated carbocycles. The molecular weight excluding hydrogens is 2020 g/mol. The maximum absolute atomic E-state index is 12.4. The predicted octanol–water partition coefficient (Wildman–Crippen LogP) is 13.8. The predicted molar refractivity (Wildman–Crippen MR) is 490 cm³/mol. The average molecular weight is 2140 g/mol. The molecule has 0 radical (unpaired) electrons. The van der Waals surface area contributed by atoms with E-state index < -0.39 is 95.3 Å². The van der Waals surface area contributed by atoms with Gasteiger partial charge in [-0.15, -0.1) is 0 Å². The molecule has 26 heteroatoms. The maximum atomic E-state index is 12.4. The molecule has 664 valence electrons. The van der Waals surface area contributed by atoms with Gasteiger partial charge in [-0.25, -0.2) is 0 Å². The van der Waals surface area contributed by atoms with Crippen LogP contribution in [-0.4, -0.2) is 211 Å². The van der Waals surface area contributed by atoms with Crippen LogP contribution in [0.3, 0.4) is 0 Å². The summed E-state index contributed by atoms with van der Waals surface area (Å²) in [5, 5.41) is 45.9. The van der Waals surface area contributed by atoms with Crippen LogP contribution in [0.15, 0.2) is 218 Å². The molecular formula is C100H120N4O18Sn4. The van der Waals surface area contributed by atoms with Gasteiger partial charge in [0.1, 0.15) is 0 Å². The Morgan fingerprint density at radius 1 is 0.222 bits per heavy atom. The number of carboxylic acid groups (broad SMARTS) is 4. The number of nitrogens with zero attached hydrogens (tertiary/aromatic N) is 4. The van der Waals surface area contributed by atoms with E-state index in [1.807, 2.05) is 0 Å². The molecule has 0 aliphatic carbocycles. The zero-order chi connectivity index (χ0) is 90.1. The van der Waals surface area contributed by atoms with Gasteiger partial charge >= 0.3 is 95.6 Å². The summed E-state index contributed by atoms with van der Waals surface area (Å²) in [6, 6.07) is 55.3. The largest absolute Gasteiger partial charge is 4.00 e. The quantitative estimate of drug-likeness (QED) is 0.0308. The summed E-state index contributed by atoms with van der Waals surface area (Å²) in [6.07, 6.45) is 18.3. The van der Waals surface area contributed by atoms with Gasteiger partial charge < -0.3 is 106 Å². The molecule has 8 aromatic carbocycles. The summed E-state index contributed by atoms with van der Waals surface area (Å²) < 4.78 is 0. The first-order valence-electron chi connectivity index (χ1n) is 40.9. The molecule has 4 atom stereocenters. The van der Waals surface area contributed by atoms with E-state index in [1.54, 1.807) is 170 Å². The Kier molecular flexibility index (Phi) is 76.6. The Balaban J connectivity index is -0.000000336. The van der Waals surface area contributed by atoms with Crippen LogP contribution in [0.5, 0.6) is 0 Å². The Hall–Kier alpha value is -8.69. The minimum Gasteiger partial charge on any atom is -2.00 e. The van der Waals surface area contributed by atoms with Gasteiger partial charge in [-0.3, -0.25) is 58.0 Å². The van der Waals surface area contributed by atoms with Gasteiger partial charge in [-0.2, -0.15) is 51.4 Å². The smallest absolute Gasteiger partial charge is 2.00 e. The number of fused-ring (bicyclic) bond motifs is 4. The van der Waals surface area contributed by atoms with Crippen LogP contribution in [-0.2, 0) is 55.8 Å². The van der Waals surface area contributed by atoms with E-state index in [9.17, 15) is 78.0 Å². The third-order valence-corrected chi connectivity index (χ3v) is 17.6. The van der Waals surface area contributed by atoms with Crippen LogP contribution in [0.4, 0.5) is 0 Å². The maximum Gasteiger partial charge on any atom is 4.00 e. The molecule has 4 heterocycles. The number of aliphatic carboxylic acids is 4. The van der Waals surface area contributed by atoms with E-state index in [0.29, 0.717) is 22.3 Å². The zero-order valence-electron chi connectivity index (χ0n) is 74.0.